The molecule has 14 heavy (non-hydrogen) atoms. The Morgan fingerprint density at radius 2 is 1.93 bits per heavy atom. The summed E-state index contributed by atoms with van der Waals surface area (Å²) in [6, 6.07) is 7.92. The summed E-state index contributed by atoms with van der Waals surface area (Å²) < 4.78 is 10.3. The van der Waals surface area contributed by atoms with E-state index in [0.29, 0.717) is 6.61 Å². The number of methoxy groups -OCH3 is 1. The Balaban J connectivity index is 2.47. The molecule has 2 heteroatoms. The van der Waals surface area contributed by atoms with Crippen molar-refractivity contribution in [1.29, 1.82) is 0 Å². The molecule has 0 heterocycles. The lowest BCUT2D eigenvalue weighted by molar-refractivity contribution is 0.178. The van der Waals surface area contributed by atoms with Crippen LogP contribution in [0.4, 0.5) is 0 Å². The van der Waals surface area contributed by atoms with Crippen molar-refractivity contribution >= 4 is 6.08 Å². The molecule has 1 aromatic rings. The first-order valence-corrected chi connectivity index (χ1v) is 4.75. The maximum atomic E-state index is 5.19. The van der Waals surface area contributed by atoms with Crippen LogP contribution < -0.4 is 4.74 Å². The molecule has 0 aliphatic rings. The second-order valence-electron chi connectivity index (χ2n) is 2.83. The summed E-state index contributed by atoms with van der Waals surface area (Å²) in [5.41, 5.74) is 1.16. The summed E-state index contributed by atoms with van der Waals surface area (Å²) >= 11 is 0. The fourth-order valence-electron chi connectivity index (χ4n) is 1.09. The van der Waals surface area contributed by atoms with Crippen LogP contribution in [0.2, 0.25) is 0 Å². The summed E-state index contributed by atoms with van der Waals surface area (Å²) in [6.07, 6.45) is 4.04. The van der Waals surface area contributed by atoms with Gasteiger partial charge in [-0.05, 0) is 24.6 Å². The molecule has 0 aliphatic heterocycles. The fourth-order valence-corrected chi connectivity index (χ4v) is 1.09. The molecule has 0 spiro atoms. The Kier molecular flexibility index (Phi) is 4.79. The molecule has 0 N–H and O–H groups in total. The lowest BCUT2D eigenvalue weighted by atomic mass is 10.2. The minimum absolute atomic E-state index is 0.669. The minimum atomic E-state index is 0.669. The zero-order valence-corrected chi connectivity index (χ0v) is 8.69. The SMILES string of the molecule is CCOC/C=C/c1ccc(OC)cc1. The predicted molar refractivity (Wildman–Crippen MR) is 58.5 cm³/mol. The first kappa shape index (κ1) is 10.8. The highest BCUT2D eigenvalue weighted by Crippen LogP contribution is 2.11. The number of benzene rings is 1. The molecule has 76 valence electrons. The Labute approximate surface area is 85.2 Å². The molecule has 1 aromatic carbocycles. The van der Waals surface area contributed by atoms with Gasteiger partial charge in [0.25, 0.3) is 0 Å². The van der Waals surface area contributed by atoms with Crippen molar-refractivity contribution in [2.45, 2.75) is 6.92 Å². The van der Waals surface area contributed by atoms with Crippen molar-refractivity contribution in [2.24, 2.45) is 0 Å². The molecule has 0 aliphatic carbocycles. The molecule has 0 amide bonds. The minimum Gasteiger partial charge on any atom is -0.497 e. The van der Waals surface area contributed by atoms with Gasteiger partial charge in [-0.3, -0.25) is 0 Å². The van der Waals surface area contributed by atoms with Crippen LogP contribution in [-0.2, 0) is 4.74 Å². The van der Waals surface area contributed by atoms with Gasteiger partial charge < -0.3 is 9.47 Å². The first-order valence-electron chi connectivity index (χ1n) is 4.75. The zero-order chi connectivity index (χ0) is 10.2. The summed E-state index contributed by atoms with van der Waals surface area (Å²) in [7, 11) is 1.67. The lowest BCUT2D eigenvalue weighted by Crippen LogP contribution is -1.87. The van der Waals surface area contributed by atoms with Crippen molar-refractivity contribution in [1.82, 2.24) is 0 Å². The molecule has 0 aromatic heterocycles. The highest BCUT2D eigenvalue weighted by atomic mass is 16.5. The Bertz CT molecular complexity index is 275. The Morgan fingerprint density at radius 3 is 2.50 bits per heavy atom. The van der Waals surface area contributed by atoms with Crippen LogP contribution in [0.25, 0.3) is 6.08 Å². The lowest BCUT2D eigenvalue weighted by Gasteiger charge is -1.99. The third-order valence-electron chi connectivity index (χ3n) is 1.84. The molecular formula is C12H16O2. The maximum Gasteiger partial charge on any atom is 0.118 e. The average Bonchev–Trinajstić information content (AvgIpc) is 2.25. The molecule has 0 fully saturated rings. The third kappa shape index (κ3) is 3.62. The second-order valence-corrected chi connectivity index (χ2v) is 2.83. The van der Waals surface area contributed by atoms with Gasteiger partial charge in [0.2, 0.25) is 0 Å². The summed E-state index contributed by atoms with van der Waals surface area (Å²) in [4.78, 5) is 0. The molecule has 0 saturated carbocycles. The van der Waals surface area contributed by atoms with Crippen molar-refractivity contribution in [2.75, 3.05) is 20.3 Å². The quantitative estimate of drug-likeness (QED) is 0.668. The Hall–Kier alpha value is -1.28. The molecule has 1 rings (SSSR count). The van der Waals surface area contributed by atoms with E-state index in [4.69, 9.17) is 9.47 Å². The van der Waals surface area contributed by atoms with Crippen molar-refractivity contribution in [3.8, 4) is 5.75 Å². The van der Waals surface area contributed by atoms with Gasteiger partial charge in [0, 0.05) is 6.61 Å². The third-order valence-corrected chi connectivity index (χ3v) is 1.84. The van der Waals surface area contributed by atoms with Crippen LogP contribution in [-0.4, -0.2) is 20.3 Å². The van der Waals surface area contributed by atoms with Gasteiger partial charge >= 0.3 is 0 Å². The van der Waals surface area contributed by atoms with E-state index in [9.17, 15) is 0 Å². The maximum absolute atomic E-state index is 5.19. The van der Waals surface area contributed by atoms with Gasteiger partial charge in [-0.2, -0.15) is 0 Å². The summed E-state index contributed by atoms with van der Waals surface area (Å²) in [5.74, 6) is 0.881. The van der Waals surface area contributed by atoms with E-state index in [-0.39, 0.29) is 0 Å². The van der Waals surface area contributed by atoms with E-state index in [2.05, 4.69) is 0 Å². The molecule has 0 unspecified atom stereocenters. The number of hydrogen-bond acceptors (Lipinski definition) is 2. The van der Waals surface area contributed by atoms with E-state index >= 15 is 0 Å². The number of hydrogen-bond donors (Lipinski definition) is 0. The topological polar surface area (TPSA) is 18.5 Å². The van der Waals surface area contributed by atoms with Crippen LogP contribution in [0.5, 0.6) is 5.75 Å². The van der Waals surface area contributed by atoms with Crippen LogP contribution in [0.15, 0.2) is 30.3 Å². The fraction of sp³-hybridized carbons (Fsp3) is 0.333. The molecule has 2 nitrogen and oxygen atoms in total. The monoisotopic (exact) mass is 192 g/mol. The average molecular weight is 192 g/mol. The predicted octanol–water partition coefficient (Wildman–Crippen LogP) is 2.74. The van der Waals surface area contributed by atoms with Gasteiger partial charge in [0.05, 0.1) is 13.7 Å². The van der Waals surface area contributed by atoms with Crippen LogP contribution in [0.3, 0.4) is 0 Å². The van der Waals surface area contributed by atoms with Crippen molar-refractivity contribution in [3.05, 3.63) is 35.9 Å². The van der Waals surface area contributed by atoms with Gasteiger partial charge in [-0.25, -0.2) is 0 Å². The van der Waals surface area contributed by atoms with Crippen LogP contribution in [0, 0.1) is 0 Å². The largest absolute Gasteiger partial charge is 0.497 e. The molecule has 0 radical (unpaired) electrons. The van der Waals surface area contributed by atoms with E-state index in [1.165, 1.54) is 0 Å². The smallest absolute Gasteiger partial charge is 0.118 e. The molecule has 0 atom stereocenters. The summed E-state index contributed by atoms with van der Waals surface area (Å²) in [5, 5.41) is 0. The first-order chi connectivity index (χ1) is 6.86. The van der Waals surface area contributed by atoms with Gasteiger partial charge in [-0.15, -0.1) is 0 Å². The van der Waals surface area contributed by atoms with Crippen LogP contribution in [0.1, 0.15) is 12.5 Å². The number of rotatable bonds is 5. The van der Waals surface area contributed by atoms with Crippen molar-refractivity contribution in [3.63, 3.8) is 0 Å². The normalized spacial score (nSPS) is 10.7. The zero-order valence-electron chi connectivity index (χ0n) is 8.69. The highest BCUT2D eigenvalue weighted by Gasteiger charge is 1.89. The van der Waals surface area contributed by atoms with E-state index < -0.39 is 0 Å². The molecular weight excluding hydrogens is 176 g/mol. The van der Waals surface area contributed by atoms with Gasteiger partial charge in [-0.1, -0.05) is 24.3 Å². The van der Waals surface area contributed by atoms with Gasteiger partial charge in [0.1, 0.15) is 5.75 Å². The van der Waals surface area contributed by atoms with Gasteiger partial charge in [0.15, 0.2) is 0 Å². The van der Waals surface area contributed by atoms with E-state index in [1.54, 1.807) is 7.11 Å². The second kappa shape index (κ2) is 6.22. The Morgan fingerprint density at radius 1 is 1.21 bits per heavy atom. The number of ether oxygens (including phenoxy) is 2. The highest BCUT2D eigenvalue weighted by molar-refractivity contribution is 5.50. The van der Waals surface area contributed by atoms with Crippen LogP contribution >= 0.6 is 0 Å². The van der Waals surface area contributed by atoms with Crippen molar-refractivity contribution < 1.29 is 9.47 Å². The standard InChI is InChI=1S/C12H16O2/c1-3-14-10-4-5-11-6-8-12(13-2)9-7-11/h4-9H,3,10H2,1-2H3/b5-4+. The van der Waals surface area contributed by atoms with E-state index in [0.717, 1.165) is 17.9 Å². The molecule has 0 bridgehead atoms. The van der Waals surface area contributed by atoms with E-state index in [1.807, 2.05) is 43.3 Å². The molecule has 0 saturated heterocycles. The summed E-state index contributed by atoms with van der Waals surface area (Å²) in [6.45, 7) is 3.41.